The molecule has 27 heavy (non-hydrogen) atoms. The highest BCUT2D eigenvalue weighted by Crippen LogP contribution is 2.30. The number of halogens is 1. The van der Waals surface area contributed by atoms with Crippen LogP contribution in [0, 0.1) is 11.3 Å². The molecule has 3 nitrogen and oxygen atoms in total. The van der Waals surface area contributed by atoms with E-state index in [1.807, 2.05) is 29.6 Å². The van der Waals surface area contributed by atoms with E-state index in [0.29, 0.717) is 15.6 Å². The number of hydrogen-bond acceptors (Lipinski definition) is 4. The van der Waals surface area contributed by atoms with Crippen LogP contribution in [0.3, 0.4) is 0 Å². The van der Waals surface area contributed by atoms with Crippen LogP contribution in [0.2, 0.25) is 5.02 Å². The lowest BCUT2D eigenvalue weighted by Crippen LogP contribution is -2.12. The molecule has 3 aromatic rings. The number of aromatic nitrogens is 1. The van der Waals surface area contributed by atoms with E-state index in [1.165, 1.54) is 11.3 Å². The van der Waals surface area contributed by atoms with Gasteiger partial charge in [0.05, 0.1) is 11.8 Å². The molecule has 1 aromatic heterocycles. The molecule has 2 aromatic carbocycles. The van der Waals surface area contributed by atoms with E-state index in [4.69, 9.17) is 11.6 Å². The Labute approximate surface area is 166 Å². The molecule has 0 aliphatic heterocycles. The minimum absolute atomic E-state index is 0.202. The third kappa shape index (κ3) is 3.57. The average molecular weight is 391 g/mol. The monoisotopic (exact) mass is 390 g/mol. The number of fused-ring (bicyclic) bond motifs is 1. The van der Waals surface area contributed by atoms with Crippen molar-refractivity contribution >= 4 is 34.8 Å². The first-order valence-corrected chi connectivity index (χ1v) is 9.86. The van der Waals surface area contributed by atoms with Crippen molar-refractivity contribution in [2.24, 2.45) is 0 Å². The molecule has 0 bridgehead atoms. The summed E-state index contributed by atoms with van der Waals surface area (Å²) in [5.74, 6) is -1.10. The summed E-state index contributed by atoms with van der Waals surface area (Å²) in [5, 5.41) is 12.7. The van der Waals surface area contributed by atoms with E-state index in [9.17, 15) is 10.1 Å². The summed E-state index contributed by atoms with van der Waals surface area (Å²) < 4.78 is 0. The van der Waals surface area contributed by atoms with Gasteiger partial charge in [0.15, 0.2) is 11.7 Å². The number of nitriles is 1. The summed E-state index contributed by atoms with van der Waals surface area (Å²) in [6.07, 6.45) is 6.11. The molecule has 1 aliphatic carbocycles. The van der Waals surface area contributed by atoms with Gasteiger partial charge in [-0.1, -0.05) is 48.0 Å². The highest BCUT2D eigenvalue weighted by Gasteiger charge is 2.26. The van der Waals surface area contributed by atoms with E-state index in [1.54, 1.807) is 18.2 Å². The molecule has 1 unspecified atom stereocenters. The van der Waals surface area contributed by atoms with Crippen molar-refractivity contribution in [3.63, 3.8) is 0 Å². The van der Waals surface area contributed by atoms with Gasteiger partial charge in [0.2, 0.25) is 0 Å². The maximum atomic E-state index is 13.0. The highest BCUT2D eigenvalue weighted by atomic mass is 35.5. The number of thiazole rings is 1. The second kappa shape index (κ2) is 7.48. The van der Waals surface area contributed by atoms with Crippen LogP contribution in [0.4, 0.5) is 0 Å². The smallest absolute Gasteiger partial charge is 0.186 e. The van der Waals surface area contributed by atoms with Crippen LogP contribution >= 0.6 is 22.9 Å². The maximum absolute atomic E-state index is 13.0. The summed E-state index contributed by atoms with van der Waals surface area (Å²) >= 11 is 7.26. The van der Waals surface area contributed by atoms with E-state index in [0.717, 1.165) is 35.2 Å². The Kier molecular flexibility index (Phi) is 4.89. The van der Waals surface area contributed by atoms with Crippen LogP contribution in [-0.2, 0) is 6.42 Å². The number of rotatable bonds is 4. The SMILES string of the molecule is N#CC(C(=O)c1ccc2c(c1)CCC=C2)c1nc(-c2ccc(Cl)cc2)cs1. The number of carbonyl (C=O) groups excluding carboxylic acids is 1. The Morgan fingerprint density at radius 2 is 2.04 bits per heavy atom. The van der Waals surface area contributed by atoms with Crippen molar-refractivity contribution in [2.45, 2.75) is 18.8 Å². The quantitative estimate of drug-likeness (QED) is 0.520. The zero-order chi connectivity index (χ0) is 18.8. The van der Waals surface area contributed by atoms with Gasteiger partial charge in [-0.25, -0.2) is 4.98 Å². The van der Waals surface area contributed by atoms with Gasteiger partial charge in [-0.15, -0.1) is 11.3 Å². The van der Waals surface area contributed by atoms with E-state index in [-0.39, 0.29) is 5.78 Å². The van der Waals surface area contributed by atoms with Gasteiger partial charge in [0, 0.05) is 21.5 Å². The molecule has 0 saturated carbocycles. The van der Waals surface area contributed by atoms with Crippen LogP contribution in [0.5, 0.6) is 0 Å². The Bertz CT molecular complexity index is 1080. The van der Waals surface area contributed by atoms with Crippen molar-refractivity contribution < 1.29 is 4.79 Å². The Balaban J connectivity index is 1.62. The molecule has 1 atom stereocenters. The lowest BCUT2D eigenvalue weighted by Gasteiger charge is -2.12. The summed E-state index contributed by atoms with van der Waals surface area (Å²) in [7, 11) is 0. The first kappa shape index (κ1) is 17.7. The number of nitrogens with zero attached hydrogens (tertiary/aromatic N) is 2. The van der Waals surface area contributed by atoms with Crippen molar-refractivity contribution in [1.29, 1.82) is 5.26 Å². The Morgan fingerprint density at radius 1 is 1.22 bits per heavy atom. The number of allylic oxidation sites excluding steroid dienone is 1. The summed E-state index contributed by atoms with van der Waals surface area (Å²) in [6.45, 7) is 0. The maximum Gasteiger partial charge on any atom is 0.186 e. The van der Waals surface area contributed by atoms with Crippen LogP contribution in [-0.4, -0.2) is 10.8 Å². The van der Waals surface area contributed by atoms with E-state index < -0.39 is 5.92 Å². The molecular weight excluding hydrogens is 376 g/mol. The second-order valence-corrected chi connectivity index (χ2v) is 7.68. The number of benzene rings is 2. The standard InChI is InChI=1S/C22H15ClN2OS/c23-18-9-7-15(8-10-18)20-13-27-22(25-20)19(12-24)21(26)17-6-5-14-3-1-2-4-16(14)11-17/h1,3,5-11,13,19H,2,4H2. The molecule has 132 valence electrons. The third-order valence-corrected chi connectivity index (χ3v) is 5.77. The lowest BCUT2D eigenvalue weighted by molar-refractivity contribution is 0.0978. The molecule has 4 rings (SSSR count). The minimum atomic E-state index is -0.895. The van der Waals surface area contributed by atoms with Gasteiger partial charge >= 0.3 is 0 Å². The number of ketones is 1. The molecule has 5 heteroatoms. The first-order chi connectivity index (χ1) is 13.2. The summed E-state index contributed by atoms with van der Waals surface area (Å²) in [6, 6.07) is 15.1. The van der Waals surface area contributed by atoms with Crippen molar-refractivity contribution in [3.05, 3.63) is 80.6 Å². The van der Waals surface area contributed by atoms with Gasteiger partial charge in [0.25, 0.3) is 0 Å². The fourth-order valence-electron chi connectivity index (χ4n) is 3.15. The number of carbonyl (C=O) groups is 1. The number of aryl methyl sites for hydroxylation is 1. The largest absolute Gasteiger partial charge is 0.292 e. The van der Waals surface area contributed by atoms with Crippen LogP contribution in [0.1, 0.15) is 38.8 Å². The number of hydrogen-bond donors (Lipinski definition) is 0. The molecule has 0 saturated heterocycles. The van der Waals surface area contributed by atoms with Gasteiger partial charge in [-0.05, 0) is 42.2 Å². The molecule has 0 spiro atoms. The van der Waals surface area contributed by atoms with Crippen molar-refractivity contribution in [3.8, 4) is 17.3 Å². The van der Waals surface area contributed by atoms with E-state index in [2.05, 4.69) is 23.2 Å². The molecule has 1 aliphatic rings. The van der Waals surface area contributed by atoms with Gasteiger partial charge in [-0.2, -0.15) is 5.26 Å². The van der Waals surface area contributed by atoms with Gasteiger partial charge in [0.1, 0.15) is 5.01 Å². The summed E-state index contributed by atoms with van der Waals surface area (Å²) in [4.78, 5) is 17.5. The third-order valence-electron chi connectivity index (χ3n) is 4.61. The molecule has 1 heterocycles. The zero-order valence-corrected chi connectivity index (χ0v) is 15.9. The molecule has 0 fully saturated rings. The van der Waals surface area contributed by atoms with Gasteiger partial charge in [-0.3, -0.25) is 4.79 Å². The normalized spacial score (nSPS) is 13.6. The fraction of sp³-hybridized carbons (Fsp3) is 0.136. The van der Waals surface area contributed by atoms with Crippen LogP contribution in [0.15, 0.2) is 53.9 Å². The van der Waals surface area contributed by atoms with Gasteiger partial charge < -0.3 is 0 Å². The predicted molar refractivity (Wildman–Crippen MR) is 109 cm³/mol. The highest BCUT2D eigenvalue weighted by molar-refractivity contribution is 7.10. The molecule has 0 N–H and O–H groups in total. The number of Topliss-reactive ketones (excluding diaryl/α,β-unsaturated/α-hetero) is 1. The molecular formula is C22H15ClN2OS. The average Bonchev–Trinajstić information content (AvgIpc) is 3.18. The lowest BCUT2D eigenvalue weighted by atomic mass is 9.91. The topological polar surface area (TPSA) is 53.8 Å². The molecule has 0 amide bonds. The van der Waals surface area contributed by atoms with Crippen LogP contribution < -0.4 is 0 Å². The van der Waals surface area contributed by atoms with Crippen molar-refractivity contribution in [1.82, 2.24) is 4.98 Å². The van der Waals surface area contributed by atoms with E-state index >= 15 is 0 Å². The van der Waals surface area contributed by atoms with Crippen molar-refractivity contribution in [2.75, 3.05) is 0 Å². The van der Waals surface area contributed by atoms with Crippen LogP contribution in [0.25, 0.3) is 17.3 Å². The first-order valence-electron chi connectivity index (χ1n) is 8.60. The summed E-state index contributed by atoms with van der Waals surface area (Å²) in [5.41, 5.74) is 4.52. The predicted octanol–water partition coefficient (Wildman–Crippen LogP) is 5.91. The molecule has 0 radical (unpaired) electrons. The Hall–Kier alpha value is -2.74. The Morgan fingerprint density at radius 3 is 2.81 bits per heavy atom. The second-order valence-electron chi connectivity index (χ2n) is 6.36. The zero-order valence-electron chi connectivity index (χ0n) is 14.4. The minimum Gasteiger partial charge on any atom is -0.292 e. The fourth-order valence-corrected chi connectivity index (χ4v) is 4.15.